The maximum Gasteiger partial charge on any atom is 0.295 e. The standard InChI is InChI=1S/C33H30N2O6/c1-3-40-28-17-24(12-15-27(28)36)30-29(32(38)33(39)35(30)19-22-8-6-16-34-18-22)31(37)23-10-13-26(14-11-23)41-20-25-9-5-4-7-21(25)2/h4-18,30,36-37H,3,19-20H2,1-2H3. The normalized spacial score (nSPS) is 16.1. The Labute approximate surface area is 238 Å². The Bertz CT molecular complexity index is 1600. The van der Waals surface area contributed by atoms with E-state index >= 15 is 0 Å². The van der Waals surface area contributed by atoms with Gasteiger partial charge in [-0.25, -0.2) is 0 Å². The molecular formula is C33H30N2O6. The van der Waals surface area contributed by atoms with Gasteiger partial charge in [-0.05, 0) is 78.6 Å². The van der Waals surface area contributed by atoms with Gasteiger partial charge < -0.3 is 24.6 Å². The van der Waals surface area contributed by atoms with Crippen molar-refractivity contribution in [2.75, 3.05) is 6.61 Å². The third-order valence-corrected chi connectivity index (χ3v) is 7.00. The molecule has 1 aliphatic heterocycles. The average Bonchev–Trinajstić information content (AvgIpc) is 3.23. The number of pyridine rings is 1. The van der Waals surface area contributed by atoms with Gasteiger partial charge in [0.25, 0.3) is 11.7 Å². The number of aliphatic hydroxyl groups is 1. The number of phenolic OH excluding ortho intramolecular Hbond substituents is 1. The predicted octanol–water partition coefficient (Wildman–Crippen LogP) is 5.70. The molecule has 1 saturated heterocycles. The first-order valence-corrected chi connectivity index (χ1v) is 13.3. The topological polar surface area (TPSA) is 109 Å². The van der Waals surface area contributed by atoms with Crippen molar-refractivity contribution in [3.8, 4) is 17.2 Å². The summed E-state index contributed by atoms with van der Waals surface area (Å²) in [7, 11) is 0. The Morgan fingerprint density at radius 2 is 1.76 bits per heavy atom. The van der Waals surface area contributed by atoms with Gasteiger partial charge in [0.15, 0.2) is 11.5 Å². The highest BCUT2D eigenvalue weighted by molar-refractivity contribution is 6.46. The van der Waals surface area contributed by atoms with Crippen molar-refractivity contribution >= 4 is 17.4 Å². The zero-order chi connectivity index (χ0) is 28.9. The first-order chi connectivity index (χ1) is 19.9. The molecule has 3 aromatic carbocycles. The number of aromatic nitrogens is 1. The lowest BCUT2D eigenvalue weighted by Gasteiger charge is -2.26. The van der Waals surface area contributed by atoms with Crippen LogP contribution in [0.15, 0.2) is 96.8 Å². The second-order valence-corrected chi connectivity index (χ2v) is 9.69. The quantitative estimate of drug-likeness (QED) is 0.156. The van der Waals surface area contributed by atoms with Crippen LogP contribution in [0.3, 0.4) is 0 Å². The van der Waals surface area contributed by atoms with E-state index in [0.717, 1.165) is 16.7 Å². The lowest BCUT2D eigenvalue weighted by molar-refractivity contribution is -0.140. The maximum atomic E-state index is 13.4. The Morgan fingerprint density at radius 1 is 0.976 bits per heavy atom. The zero-order valence-electron chi connectivity index (χ0n) is 22.8. The molecule has 5 rings (SSSR count). The Balaban J connectivity index is 1.51. The molecule has 0 spiro atoms. The SMILES string of the molecule is CCOc1cc(C2C(=C(O)c3ccc(OCc4ccccc4C)cc3)C(=O)C(=O)N2Cc2cccnc2)ccc1O. The predicted molar refractivity (Wildman–Crippen MR) is 153 cm³/mol. The van der Waals surface area contributed by atoms with Crippen molar-refractivity contribution in [1.29, 1.82) is 0 Å². The van der Waals surface area contributed by atoms with Crippen molar-refractivity contribution < 1.29 is 29.3 Å². The van der Waals surface area contributed by atoms with E-state index in [1.54, 1.807) is 61.8 Å². The van der Waals surface area contributed by atoms with Crippen LogP contribution in [0, 0.1) is 6.92 Å². The van der Waals surface area contributed by atoms with Crippen LogP contribution < -0.4 is 9.47 Å². The highest BCUT2D eigenvalue weighted by atomic mass is 16.5. The summed E-state index contributed by atoms with van der Waals surface area (Å²) in [5.74, 6) is -1.11. The van der Waals surface area contributed by atoms with Crippen molar-refractivity contribution in [2.45, 2.75) is 33.0 Å². The number of phenols is 1. The minimum absolute atomic E-state index is 0.0550. The minimum Gasteiger partial charge on any atom is -0.507 e. The highest BCUT2D eigenvalue weighted by Gasteiger charge is 2.46. The van der Waals surface area contributed by atoms with E-state index in [-0.39, 0.29) is 29.4 Å². The molecule has 8 heteroatoms. The lowest BCUT2D eigenvalue weighted by atomic mass is 9.94. The van der Waals surface area contributed by atoms with Crippen LogP contribution in [0.1, 0.15) is 40.8 Å². The van der Waals surface area contributed by atoms with Crippen molar-refractivity contribution in [3.63, 3.8) is 0 Å². The molecule has 1 amide bonds. The fraction of sp³-hybridized carbons (Fsp3) is 0.182. The molecule has 0 saturated carbocycles. The van der Waals surface area contributed by atoms with Gasteiger partial charge in [0, 0.05) is 24.5 Å². The number of carbonyl (C=O) groups excluding carboxylic acids is 2. The van der Waals surface area contributed by atoms with Crippen molar-refractivity contribution in [2.24, 2.45) is 0 Å². The number of Topliss-reactive ketones (excluding diaryl/α,β-unsaturated/α-hetero) is 1. The number of carbonyl (C=O) groups is 2. The van der Waals surface area contributed by atoms with Crippen LogP contribution in [-0.4, -0.2) is 38.4 Å². The Morgan fingerprint density at radius 3 is 2.46 bits per heavy atom. The van der Waals surface area contributed by atoms with Gasteiger partial charge >= 0.3 is 0 Å². The number of aliphatic hydroxyl groups excluding tert-OH is 1. The number of ketones is 1. The van der Waals surface area contributed by atoms with E-state index in [1.165, 1.54) is 11.0 Å². The van der Waals surface area contributed by atoms with Crippen molar-refractivity contribution in [3.05, 3.63) is 125 Å². The molecule has 8 nitrogen and oxygen atoms in total. The molecule has 2 heterocycles. The number of aromatic hydroxyl groups is 1. The second-order valence-electron chi connectivity index (χ2n) is 9.69. The number of nitrogens with zero attached hydrogens (tertiary/aromatic N) is 2. The lowest BCUT2D eigenvalue weighted by Crippen LogP contribution is -2.29. The molecular weight excluding hydrogens is 520 g/mol. The number of benzene rings is 3. The van der Waals surface area contributed by atoms with Gasteiger partial charge in [-0.2, -0.15) is 0 Å². The summed E-state index contributed by atoms with van der Waals surface area (Å²) in [6.07, 6.45) is 3.24. The summed E-state index contributed by atoms with van der Waals surface area (Å²) in [5.41, 5.74) is 3.72. The largest absolute Gasteiger partial charge is 0.507 e. The number of likely N-dealkylation sites (tertiary alicyclic amines) is 1. The molecule has 1 aromatic heterocycles. The fourth-order valence-electron chi connectivity index (χ4n) is 4.85. The highest BCUT2D eigenvalue weighted by Crippen LogP contribution is 2.42. The van der Waals surface area contributed by atoms with E-state index in [1.807, 2.05) is 37.3 Å². The Kier molecular flexibility index (Phi) is 8.01. The fourth-order valence-corrected chi connectivity index (χ4v) is 4.85. The molecule has 1 atom stereocenters. The van der Waals surface area contributed by atoms with Crippen LogP contribution in [-0.2, 0) is 22.7 Å². The molecule has 2 N–H and O–H groups in total. The number of rotatable bonds is 9. The van der Waals surface area contributed by atoms with Crippen LogP contribution in [0.4, 0.5) is 0 Å². The first kappa shape index (κ1) is 27.5. The van der Waals surface area contributed by atoms with Crippen molar-refractivity contribution in [1.82, 2.24) is 9.88 Å². The van der Waals surface area contributed by atoms with E-state index < -0.39 is 17.7 Å². The van der Waals surface area contributed by atoms with Crippen LogP contribution in [0.5, 0.6) is 17.2 Å². The zero-order valence-corrected chi connectivity index (χ0v) is 22.8. The summed E-state index contributed by atoms with van der Waals surface area (Å²) in [6, 6.07) is 21.9. The summed E-state index contributed by atoms with van der Waals surface area (Å²) in [4.78, 5) is 32.3. The number of hydrogen-bond acceptors (Lipinski definition) is 7. The molecule has 0 radical (unpaired) electrons. The van der Waals surface area contributed by atoms with Gasteiger partial charge in [0.1, 0.15) is 18.1 Å². The van der Waals surface area contributed by atoms with Gasteiger partial charge in [0.05, 0.1) is 18.2 Å². The summed E-state index contributed by atoms with van der Waals surface area (Å²) in [6.45, 7) is 4.60. The molecule has 208 valence electrons. The third kappa shape index (κ3) is 5.77. The molecule has 41 heavy (non-hydrogen) atoms. The number of amides is 1. The molecule has 0 aliphatic carbocycles. The third-order valence-electron chi connectivity index (χ3n) is 7.00. The molecule has 0 bridgehead atoms. The van der Waals surface area contributed by atoms with Gasteiger partial charge in [-0.3, -0.25) is 14.6 Å². The number of hydrogen-bond donors (Lipinski definition) is 2. The molecule has 1 aliphatic rings. The number of aryl methyl sites for hydroxylation is 1. The van der Waals surface area contributed by atoms with Crippen LogP contribution in [0.2, 0.25) is 0 Å². The van der Waals surface area contributed by atoms with E-state index in [0.29, 0.717) is 30.1 Å². The monoisotopic (exact) mass is 550 g/mol. The second kappa shape index (κ2) is 12.0. The number of ether oxygens (including phenoxy) is 2. The van der Waals surface area contributed by atoms with Crippen LogP contribution in [0.25, 0.3) is 5.76 Å². The van der Waals surface area contributed by atoms with Crippen LogP contribution >= 0.6 is 0 Å². The molecule has 4 aromatic rings. The van der Waals surface area contributed by atoms with Gasteiger partial charge in [0.2, 0.25) is 0 Å². The van der Waals surface area contributed by atoms with Gasteiger partial charge in [-0.1, -0.05) is 36.4 Å². The smallest absolute Gasteiger partial charge is 0.295 e. The van der Waals surface area contributed by atoms with Gasteiger partial charge in [-0.15, -0.1) is 0 Å². The molecule has 1 unspecified atom stereocenters. The summed E-state index contributed by atoms with van der Waals surface area (Å²) in [5, 5.41) is 21.7. The average molecular weight is 551 g/mol. The van der Waals surface area contributed by atoms with E-state index in [2.05, 4.69) is 4.98 Å². The molecule has 1 fully saturated rings. The van der Waals surface area contributed by atoms with E-state index in [4.69, 9.17) is 9.47 Å². The minimum atomic E-state index is -0.924. The van der Waals surface area contributed by atoms with E-state index in [9.17, 15) is 19.8 Å². The first-order valence-electron chi connectivity index (χ1n) is 13.3. The maximum absolute atomic E-state index is 13.4. The summed E-state index contributed by atoms with van der Waals surface area (Å²) >= 11 is 0. The Hall–Kier alpha value is -5.11. The summed E-state index contributed by atoms with van der Waals surface area (Å²) < 4.78 is 11.5.